The lowest BCUT2D eigenvalue weighted by Gasteiger charge is -2.33. The Bertz CT molecular complexity index is 1230. The van der Waals surface area contributed by atoms with Crippen molar-refractivity contribution in [2.45, 2.75) is 18.3 Å². The molecule has 7 heteroatoms. The van der Waals surface area contributed by atoms with Crippen LogP contribution < -0.4 is 4.90 Å². The molecule has 3 aromatic rings. The number of aryl methyl sites for hydroxylation is 1. The highest BCUT2D eigenvalue weighted by molar-refractivity contribution is 8.01. The molecule has 0 aliphatic carbocycles. The smallest absolute Gasteiger partial charge is 0.268 e. The SMILES string of the molecule is Cc1ccccc1C(=O)N1CCSC12C(=O)N(Cc1ccc(F)cc1)c1ccc(Cl)cc12. The summed E-state index contributed by atoms with van der Waals surface area (Å²) in [6.07, 6.45) is 0. The molecule has 2 aliphatic heterocycles. The first-order chi connectivity index (χ1) is 15.4. The number of thioether (sulfide) groups is 1. The summed E-state index contributed by atoms with van der Waals surface area (Å²) in [5, 5.41) is 0.510. The number of fused-ring (bicyclic) bond motifs is 2. The predicted octanol–water partition coefficient (Wildman–Crippen LogP) is 5.38. The summed E-state index contributed by atoms with van der Waals surface area (Å²) in [4.78, 5) is 29.8. The first kappa shape index (κ1) is 21.0. The van der Waals surface area contributed by atoms with Crippen LogP contribution in [0.3, 0.4) is 0 Å². The van der Waals surface area contributed by atoms with Gasteiger partial charge in [-0.2, -0.15) is 0 Å². The van der Waals surface area contributed by atoms with Gasteiger partial charge in [-0.05, 0) is 54.4 Å². The molecule has 2 aliphatic rings. The van der Waals surface area contributed by atoms with E-state index < -0.39 is 4.87 Å². The fourth-order valence-corrected chi connectivity index (χ4v) is 6.10. The molecule has 0 radical (unpaired) electrons. The van der Waals surface area contributed by atoms with Crippen molar-refractivity contribution in [3.8, 4) is 0 Å². The van der Waals surface area contributed by atoms with Crippen LogP contribution in [0.25, 0.3) is 0 Å². The van der Waals surface area contributed by atoms with Crippen LogP contribution in [0.1, 0.15) is 27.0 Å². The van der Waals surface area contributed by atoms with E-state index in [4.69, 9.17) is 11.6 Å². The van der Waals surface area contributed by atoms with E-state index in [1.807, 2.05) is 31.2 Å². The van der Waals surface area contributed by atoms with E-state index in [9.17, 15) is 14.0 Å². The highest BCUT2D eigenvalue weighted by Crippen LogP contribution is 2.55. The Morgan fingerprint density at radius 2 is 1.88 bits per heavy atom. The molecular formula is C25H20ClFN2O2S. The summed E-state index contributed by atoms with van der Waals surface area (Å²) in [7, 11) is 0. The van der Waals surface area contributed by atoms with Crippen LogP contribution in [0, 0.1) is 12.7 Å². The third-order valence-electron chi connectivity index (χ3n) is 6.03. The zero-order valence-corrected chi connectivity index (χ0v) is 18.9. The van der Waals surface area contributed by atoms with Gasteiger partial charge in [0, 0.05) is 28.4 Å². The Hall–Kier alpha value is -2.83. The van der Waals surface area contributed by atoms with Gasteiger partial charge in [-0.3, -0.25) is 9.59 Å². The highest BCUT2D eigenvalue weighted by Gasteiger charge is 2.59. The van der Waals surface area contributed by atoms with Crippen LogP contribution in [-0.2, 0) is 16.2 Å². The molecule has 0 bridgehead atoms. The lowest BCUT2D eigenvalue weighted by molar-refractivity contribution is -0.123. The van der Waals surface area contributed by atoms with E-state index in [1.54, 1.807) is 40.1 Å². The molecule has 2 heterocycles. The van der Waals surface area contributed by atoms with Gasteiger partial charge >= 0.3 is 0 Å². The van der Waals surface area contributed by atoms with Gasteiger partial charge in [-0.25, -0.2) is 4.39 Å². The molecule has 32 heavy (non-hydrogen) atoms. The Morgan fingerprint density at radius 1 is 1.12 bits per heavy atom. The largest absolute Gasteiger partial charge is 0.311 e. The number of carbonyl (C=O) groups is 2. The number of amides is 2. The topological polar surface area (TPSA) is 40.6 Å². The molecule has 0 N–H and O–H groups in total. The third kappa shape index (κ3) is 3.21. The van der Waals surface area contributed by atoms with Crippen LogP contribution >= 0.6 is 23.4 Å². The highest BCUT2D eigenvalue weighted by atomic mass is 35.5. The normalized spacial score (nSPS) is 19.7. The standard InChI is InChI=1S/C25H20ClFN2O2S/c1-16-4-2-3-5-20(16)23(30)29-12-13-32-25(29)21-14-18(26)8-11-22(21)28(24(25)31)15-17-6-9-19(27)10-7-17/h2-11,14H,12-13,15H2,1H3. The summed E-state index contributed by atoms with van der Waals surface area (Å²) < 4.78 is 13.4. The average Bonchev–Trinajstić information content (AvgIpc) is 3.32. The number of hydrogen-bond acceptors (Lipinski definition) is 3. The quantitative estimate of drug-likeness (QED) is 0.520. The van der Waals surface area contributed by atoms with Gasteiger partial charge in [0.1, 0.15) is 5.82 Å². The van der Waals surface area contributed by atoms with Gasteiger partial charge in [0.2, 0.25) is 0 Å². The maximum absolute atomic E-state index is 14.0. The van der Waals surface area contributed by atoms with Crippen molar-refractivity contribution in [1.29, 1.82) is 0 Å². The maximum Gasteiger partial charge on any atom is 0.268 e. The molecule has 1 spiro atoms. The van der Waals surface area contributed by atoms with Gasteiger partial charge in [-0.1, -0.05) is 41.9 Å². The van der Waals surface area contributed by atoms with Gasteiger partial charge < -0.3 is 9.80 Å². The van der Waals surface area contributed by atoms with Gasteiger partial charge in [-0.15, -0.1) is 11.8 Å². The number of halogens is 2. The predicted molar refractivity (Wildman–Crippen MR) is 125 cm³/mol. The van der Waals surface area contributed by atoms with Crippen molar-refractivity contribution in [2.75, 3.05) is 17.2 Å². The maximum atomic E-state index is 14.0. The van der Waals surface area contributed by atoms with E-state index in [2.05, 4.69) is 0 Å². The number of anilines is 1. The van der Waals surface area contributed by atoms with Gasteiger partial charge in [0.15, 0.2) is 4.87 Å². The molecule has 162 valence electrons. The first-order valence-corrected chi connectivity index (χ1v) is 11.7. The monoisotopic (exact) mass is 466 g/mol. The number of nitrogens with zero attached hydrogens (tertiary/aromatic N) is 2. The number of carbonyl (C=O) groups excluding carboxylic acids is 2. The van der Waals surface area contributed by atoms with Gasteiger partial charge in [0.25, 0.3) is 11.8 Å². The Morgan fingerprint density at radius 3 is 2.62 bits per heavy atom. The minimum atomic E-state index is -1.17. The van der Waals surface area contributed by atoms with Crippen LogP contribution in [0.4, 0.5) is 10.1 Å². The molecule has 2 amide bonds. The molecule has 1 atom stereocenters. The molecule has 0 saturated carbocycles. The first-order valence-electron chi connectivity index (χ1n) is 10.3. The zero-order valence-electron chi connectivity index (χ0n) is 17.3. The molecule has 1 unspecified atom stereocenters. The van der Waals surface area contributed by atoms with Gasteiger partial charge in [0.05, 0.1) is 12.2 Å². The summed E-state index contributed by atoms with van der Waals surface area (Å²) in [6.45, 7) is 2.63. The number of rotatable bonds is 3. The minimum absolute atomic E-state index is 0.170. The van der Waals surface area contributed by atoms with Crippen molar-refractivity contribution in [2.24, 2.45) is 0 Å². The Labute approximate surface area is 195 Å². The van der Waals surface area contributed by atoms with Crippen molar-refractivity contribution < 1.29 is 14.0 Å². The van der Waals surface area contributed by atoms with Crippen molar-refractivity contribution in [3.63, 3.8) is 0 Å². The lowest BCUT2D eigenvalue weighted by atomic mass is 10.0. The third-order valence-corrected chi connectivity index (χ3v) is 7.68. The van der Waals surface area contributed by atoms with Crippen LogP contribution in [-0.4, -0.2) is 29.0 Å². The fourth-order valence-electron chi connectivity index (χ4n) is 4.48. The summed E-state index contributed by atoms with van der Waals surface area (Å²) in [5.74, 6) is -0.0364. The molecule has 0 aromatic heterocycles. The Kier molecular flexibility index (Phi) is 5.22. The lowest BCUT2D eigenvalue weighted by Crippen LogP contribution is -2.50. The zero-order chi connectivity index (χ0) is 22.5. The number of benzene rings is 3. The molecule has 5 rings (SSSR count). The van der Waals surface area contributed by atoms with E-state index in [1.165, 1.54) is 23.9 Å². The molecule has 3 aromatic carbocycles. The molecule has 1 saturated heterocycles. The second-order valence-electron chi connectivity index (χ2n) is 7.94. The van der Waals surface area contributed by atoms with Crippen LogP contribution in [0.5, 0.6) is 0 Å². The van der Waals surface area contributed by atoms with E-state index in [-0.39, 0.29) is 24.2 Å². The second-order valence-corrected chi connectivity index (χ2v) is 9.67. The van der Waals surface area contributed by atoms with Crippen LogP contribution in [0.2, 0.25) is 5.02 Å². The van der Waals surface area contributed by atoms with Crippen molar-refractivity contribution >= 4 is 40.9 Å². The second kappa shape index (κ2) is 7.94. The van der Waals surface area contributed by atoms with Crippen molar-refractivity contribution in [1.82, 2.24) is 4.90 Å². The summed E-state index contributed by atoms with van der Waals surface area (Å²) in [6, 6.07) is 18.9. The minimum Gasteiger partial charge on any atom is -0.311 e. The Balaban J connectivity index is 1.60. The average molecular weight is 467 g/mol. The van der Waals surface area contributed by atoms with Crippen molar-refractivity contribution in [3.05, 3.63) is 99.8 Å². The van der Waals surface area contributed by atoms with E-state index >= 15 is 0 Å². The fraction of sp³-hybridized carbons (Fsp3) is 0.200. The molecular weight excluding hydrogens is 447 g/mol. The molecule has 1 fully saturated rings. The summed E-state index contributed by atoms with van der Waals surface area (Å²) in [5.41, 5.74) is 3.70. The number of hydrogen-bond donors (Lipinski definition) is 0. The van der Waals surface area contributed by atoms with E-state index in [0.717, 1.165) is 22.4 Å². The molecule has 4 nitrogen and oxygen atoms in total. The van der Waals surface area contributed by atoms with Crippen LogP contribution in [0.15, 0.2) is 66.7 Å². The summed E-state index contributed by atoms with van der Waals surface area (Å²) >= 11 is 7.80. The van der Waals surface area contributed by atoms with E-state index in [0.29, 0.717) is 22.9 Å².